The Morgan fingerprint density at radius 1 is 1.04 bits per heavy atom. The molecule has 0 atom stereocenters. The zero-order valence-electron chi connectivity index (χ0n) is 14.4. The minimum atomic E-state index is -3.65. The third-order valence-electron chi connectivity index (χ3n) is 4.24. The molecule has 0 amide bonds. The molecular formula is C16H15FN6O3S2. The van der Waals surface area contributed by atoms with Crippen molar-refractivity contribution in [2.24, 2.45) is 0 Å². The summed E-state index contributed by atoms with van der Waals surface area (Å²) in [7, 11) is -3.65. The molecule has 0 saturated carbocycles. The molecule has 1 aliphatic heterocycles. The Labute approximate surface area is 163 Å². The molecule has 4 rings (SSSR count). The van der Waals surface area contributed by atoms with E-state index < -0.39 is 15.8 Å². The van der Waals surface area contributed by atoms with Crippen molar-refractivity contribution in [3.63, 3.8) is 0 Å². The highest BCUT2D eigenvalue weighted by atomic mass is 32.2. The van der Waals surface area contributed by atoms with E-state index in [9.17, 15) is 17.6 Å². The van der Waals surface area contributed by atoms with E-state index in [4.69, 9.17) is 0 Å². The predicted molar refractivity (Wildman–Crippen MR) is 101 cm³/mol. The molecule has 146 valence electrons. The van der Waals surface area contributed by atoms with Gasteiger partial charge in [-0.2, -0.15) is 9.40 Å². The molecule has 3 aromatic heterocycles. The smallest absolute Gasteiger partial charge is 0.264 e. The molecule has 4 heterocycles. The van der Waals surface area contributed by atoms with Gasteiger partial charge in [0.25, 0.3) is 15.6 Å². The fraction of sp³-hybridized carbons (Fsp3) is 0.250. The van der Waals surface area contributed by atoms with Crippen molar-refractivity contribution < 1.29 is 12.8 Å². The van der Waals surface area contributed by atoms with E-state index in [1.54, 1.807) is 12.1 Å². The van der Waals surface area contributed by atoms with Gasteiger partial charge in [-0.25, -0.2) is 27.9 Å². The first-order valence-electron chi connectivity index (χ1n) is 8.32. The molecular weight excluding hydrogens is 407 g/mol. The average Bonchev–Trinajstić information content (AvgIpc) is 3.20. The number of halogens is 1. The summed E-state index contributed by atoms with van der Waals surface area (Å²) < 4.78 is 40.4. The SMILES string of the molecule is O=c1ccc(-c2ccc(S(=O)(=O)N3CCN(c4ncc(F)cn4)CC3)s2)n[nH]1. The quantitative estimate of drug-likeness (QED) is 0.666. The number of rotatable bonds is 4. The van der Waals surface area contributed by atoms with Crippen LogP contribution in [0.25, 0.3) is 10.6 Å². The van der Waals surface area contributed by atoms with Gasteiger partial charge >= 0.3 is 0 Å². The zero-order valence-corrected chi connectivity index (χ0v) is 16.1. The van der Waals surface area contributed by atoms with Crippen molar-refractivity contribution in [3.05, 3.63) is 52.8 Å². The van der Waals surface area contributed by atoms with Crippen LogP contribution in [0.1, 0.15) is 0 Å². The maximum Gasteiger partial charge on any atom is 0.264 e. The summed E-state index contributed by atoms with van der Waals surface area (Å²) in [5.74, 6) is -0.142. The third-order valence-corrected chi connectivity index (χ3v) is 7.71. The van der Waals surface area contributed by atoms with Crippen LogP contribution in [0.4, 0.5) is 10.3 Å². The first-order valence-corrected chi connectivity index (χ1v) is 10.6. The van der Waals surface area contributed by atoms with Crippen molar-refractivity contribution in [2.75, 3.05) is 31.1 Å². The number of nitrogens with one attached hydrogen (secondary N) is 1. The van der Waals surface area contributed by atoms with Gasteiger partial charge in [-0.1, -0.05) is 0 Å². The van der Waals surface area contributed by atoms with Crippen molar-refractivity contribution >= 4 is 27.3 Å². The highest BCUT2D eigenvalue weighted by Gasteiger charge is 2.30. The Bertz CT molecular complexity index is 1120. The first-order chi connectivity index (χ1) is 13.4. The lowest BCUT2D eigenvalue weighted by Gasteiger charge is -2.33. The lowest BCUT2D eigenvalue weighted by Crippen LogP contribution is -2.49. The predicted octanol–water partition coefficient (Wildman–Crippen LogP) is 0.938. The van der Waals surface area contributed by atoms with Crippen molar-refractivity contribution in [1.29, 1.82) is 0 Å². The number of anilines is 1. The van der Waals surface area contributed by atoms with Gasteiger partial charge in [0.2, 0.25) is 5.95 Å². The molecule has 1 aliphatic rings. The van der Waals surface area contributed by atoms with Gasteiger partial charge in [0, 0.05) is 32.2 Å². The standard InChI is InChI=1S/C16H15FN6O3S2/c17-11-9-18-16(19-10-11)22-5-7-23(8-6-22)28(25,26)15-4-2-13(27-15)12-1-3-14(24)21-20-12/h1-4,9-10H,5-8H2,(H,21,24). The second-order valence-corrected chi connectivity index (χ2v) is 9.27. The largest absolute Gasteiger partial charge is 0.338 e. The van der Waals surface area contributed by atoms with Crippen LogP contribution >= 0.6 is 11.3 Å². The summed E-state index contributed by atoms with van der Waals surface area (Å²) >= 11 is 1.10. The minimum absolute atomic E-state index is 0.210. The van der Waals surface area contributed by atoms with Crippen LogP contribution in [-0.2, 0) is 10.0 Å². The average molecular weight is 422 g/mol. The number of hydrogen-bond donors (Lipinski definition) is 1. The molecule has 0 unspecified atom stereocenters. The van der Waals surface area contributed by atoms with Gasteiger partial charge in [0.1, 0.15) is 9.90 Å². The third kappa shape index (κ3) is 3.66. The van der Waals surface area contributed by atoms with E-state index in [0.29, 0.717) is 29.6 Å². The Hall–Kier alpha value is -2.70. The highest BCUT2D eigenvalue weighted by Crippen LogP contribution is 2.31. The van der Waals surface area contributed by atoms with Crippen LogP contribution < -0.4 is 10.5 Å². The van der Waals surface area contributed by atoms with E-state index in [2.05, 4.69) is 20.2 Å². The molecule has 28 heavy (non-hydrogen) atoms. The molecule has 0 radical (unpaired) electrons. The number of thiophene rings is 1. The topological polar surface area (TPSA) is 112 Å². The van der Waals surface area contributed by atoms with Crippen LogP contribution in [0, 0.1) is 5.82 Å². The van der Waals surface area contributed by atoms with Crippen LogP contribution in [0.2, 0.25) is 0 Å². The lowest BCUT2D eigenvalue weighted by atomic mass is 10.3. The summed E-state index contributed by atoms with van der Waals surface area (Å²) in [4.78, 5) is 21.4. The monoisotopic (exact) mass is 422 g/mol. The van der Waals surface area contributed by atoms with E-state index >= 15 is 0 Å². The van der Waals surface area contributed by atoms with Gasteiger partial charge in [-0.3, -0.25) is 4.79 Å². The Kier molecular flexibility index (Phi) is 4.91. The fourth-order valence-electron chi connectivity index (χ4n) is 2.80. The first kappa shape index (κ1) is 18.7. The summed E-state index contributed by atoms with van der Waals surface area (Å²) in [6.07, 6.45) is 2.17. The maximum absolute atomic E-state index is 13.0. The molecule has 3 aromatic rings. The van der Waals surface area contributed by atoms with Crippen LogP contribution in [0.15, 0.2) is 45.7 Å². The molecule has 9 nitrogen and oxygen atoms in total. The summed E-state index contributed by atoms with van der Waals surface area (Å²) in [5.41, 5.74) is 0.181. The number of nitrogens with zero attached hydrogens (tertiary/aromatic N) is 5. The number of aromatic amines is 1. The number of piperazine rings is 1. The van der Waals surface area contributed by atoms with Gasteiger partial charge < -0.3 is 4.90 Å². The van der Waals surface area contributed by atoms with Crippen molar-refractivity contribution in [2.45, 2.75) is 4.21 Å². The summed E-state index contributed by atoms with van der Waals surface area (Å²) in [6, 6.07) is 6.09. The highest BCUT2D eigenvalue weighted by molar-refractivity contribution is 7.91. The maximum atomic E-state index is 13.0. The lowest BCUT2D eigenvalue weighted by molar-refractivity contribution is 0.383. The van der Waals surface area contributed by atoms with E-state index in [-0.39, 0.29) is 22.9 Å². The summed E-state index contributed by atoms with van der Waals surface area (Å²) in [5, 5.41) is 6.26. The van der Waals surface area contributed by atoms with Crippen molar-refractivity contribution in [3.8, 4) is 10.6 Å². The molecule has 1 fully saturated rings. The normalized spacial score (nSPS) is 15.7. The molecule has 12 heteroatoms. The van der Waals surface area contributed by atoms with E-state index in [0.717, 1.165) is 23.7 Å². The molecule has 1 N–H and O–H groups in total. The molecule has 1 saturated heterocycles. The molecule has 0 spiro atoms. The number of H-pyrrole nitrogens is 1. The van der Waals surface area contributed by atoms with Crippen LogP contribution in [0.3, 0.4) is 0 Å². The molecule has 0 bridgehead atoms. The van der Waals surface area contributed by atoms with Gasteiger partial charge in [-0.05, 0) is 18.2 Å². The van der Waals surface area contributed by atoms with E-state index in [1.165, 1.54) is 16.4 Å². The van der Waals surface area contributed by atoms with Crippen molar-refractivity contribution in [1.82, 2.24) is 24.5 Å². The van der Waals surface area contributed by atoms with Gasteiger partial charge in [-0.15, -0.1) is 11.3 Å². The zero-order chi connectivity index (χ0) is 19.7. The van der Waals surface area contributed by atoms with Gasteiger partial charge in [0.15, 0.2) is 5.82 Å². The van der Waals surface area contributed by atoms with Crippen LogP contribution in [0.5, 0.6) is 0 Å². The number of sulfonamides is 1. The number of hydrogen-bond acceptors (Lipinski definition) is 8. The Morgan fingerprint density at radius 2 is 1.75 bits per heavy atom. The number of aromatic nitrogens is 4. The Balaban J connectivity index is 1.48. The minimum Gasteiger partial charge on any atom is -0.338 e. The van der Waals surface area contributed by atoms with Crippen LogP contribution in [-0.4, -0.2) is 59.1 Å². The van der Waals surface area contributed by atoms with E-state index in [1.807, 2.05) is 4.90 Å². The Morgan fingerprint density at radius 3 is 2.39 bits per heavy atom. The second kappa shape index (κ2) is 7.37. The van der Waals surface area contributed by atoms with Gasteiger partial charge in [0.05, 0.1) is 17.3 Å². The summed E-state index contributed by atoms with van der Waals surface area (Å²) in [6.45, 7) is 1.36. The molecule has 0 aromatic carbocycles. The fourth-order valence-corrected chi connectivity index (χ4v) is 5.66. The molecule has 0 aliphatic carbocycles. The second-order valence-electron chi connectivity index (χ2n) is 6.02.